The van der Waals surface area contributed by atoms with Gasteiger partial charge in [-0.2, -0.15) is 5.26 Å². The van der Waals surface area contributed by atoms with Gasteiger partial charge in [0.2, 0.25) is 0 Å². The van der Waals surface area contributed by atoms with Gasteiger partial charge in [-0.05, 0) is 18.6 Å². The Kier molecular flexibility index (Phi) is 6.58. The Hall–Kier alpha value is -3.43. The molecule has 1 aliphatic rings. The Morgan fingerprint density at radius 1 is 1.26 bits per heavy atom. The minimum atomic E-state index is -0.457. The molecule has 2 atom stereocenters. The fraction of sp³-hybridized carbons (Fsp3) is 0.320. The van der Waals surface area contributed by atoms with E-state index >= 15 is 0 Å². The van der Waals surface area contributed by atoms with Crippen LogP contribution in [0.25, 0.3) is 11.1 Å². The van der Waals surface area contributed by atoms with Crippen molar-refractivity contribution in [3.8, 4) is 17.2 Å². The Balaban J connectivity index is 1.83. The first-order chi connectivity index (χ1) is 16.2. The van der Waals surface area contributed by atoms with Crippen molar-refractivity contribution >= 4 is 26.7 Å². The van der Waals surface area contributed by atoms with Crippen molar-refractivity contribution in [1.29, 1.82) is 5.26 Å². The molecule has 3 aromatic rings. The van der Waals surface area contributed by atoms with Crippen molar-refractivity contribution in [2.45, 2.75) is 38.3 Å². The van der Waals surface area contributed by atoms with E-state index in [0.29, 0.717) is 36.0 Å². The molecule has 1 fully saturated rings. The first-order valence-corrected chi connectivity index (χ1v) is 11.6. The topological polar surface area (TPSA) is 94.8 Å². The molecule has 0 aliphatic carbocycles. The number of pyridine rings is 1. The summed E-state index contributed by atoms with van der Waals surface area (Å²) in [5.74, 6) is 0.322. The number of hydrogen-bond donors (Lipinski definition) is 1. The van der Waals surface area contributed by atoms with Gasteiger partial charge < -0.3 is 10.2 Å². The first kappa shape index (κ1) is 23.7. The van der Waals surface area contributed by atoms with Crippen LogP contribution in [0.1, 0.15) is 55.0 Å². The maximum absolute atomic E-state index is 14.9. The normalized spacial score (nSPS) is 17.6. The Labute approximate surface area is 200 Å². The molecule has 3 heterocycles. The molecular weight excluding hydrogens is 450 g/mol. The van der Waals surface area contributed by atoms with E-state index in [-0.39, 0.29) is 27.9 Å². The van der Waals surface area contributed by atoms with Crippen LogP contribution in [-0.2, 0) is 0 Å². The summed E-state index contributed by atoms with van der Waals surface area (Å²) in [6.45, 7) is 7.41. The molecule has 4 rings (SSSR count). The summed E-state index contributed by atoms with van der Waals surface area (Å²) in [6.07, 6.45) is 3.85. The third-order valence-electron chi connectivity index (χ3n) is 5.77. The number of hydrogen-bond acceptors (Lipinski definition) is 6. The van der Waals surface area contributed by atoms with Crippen LogP contribution in [0.3, 0.4) is 0 Å². The van der Waals surface area contributed by atoms with Gasteiger partial charge in [-0.3, -0.25) is 4.79 Å². The smallest absolute Gasteiger partial charge is 0.258 e. The highest BCUT2D eigenvalue weighted by atomic mass is 31.0. The molecule has 1 aromatic carbocycles. The molecule has 2 unspecified atom stereocenters. The lowest BCUT2D eigenvalue weighted by Gasteiger charge is -2.25. The van der Waals surface area contributed by atoms with Crippen molar-refractivity contribution in [1.82, 2.24) is 15.0 Å². The fourth-order valence-electron chi connectivity index (χ4n) is 3.94. The minimum Gasteiger partial charge on any atom is -0.354 e. The van der Waals surface area contributed by atoms with Gasteiger partial charge >= 0.3 is 0 Å². The molecule has 1 amide bonds. The molecular formula is C25H26FN6OP. The predicted molar refractivity (Wildman–Crippen MR) is 133 cm³/mol. The molecule has 7 nitrogen and oxygen atoms in total. The third kappa shape index (κ3) is 4.90. The number of nitrogens with zero attached hydrogens (tertiary/aromatic N) is 5. The van der Waals surface area contributed by atoms with Gasteiger partial charge in [0.15, 0.2) is 5.82 Å². The van der Waals surface area contributed by atoms with Gasteiger partial charge in [0, 0.05) is 47.7 Å². The van der Waals surface area contributed by atoms with E-state index in [1.54, 1.807) is 18.2 Å². The van der Waals surface area contributed by atoms with Crippen LogP contribution in [0.2, 0.25) is 0 Å². The maximum Gasteiger partial charge on any atom is 0.258 e. The molecule has 0 spiro atoms. The van der Waals surface area contributed by atoms with E-state index in [1.165, 1.54) is 24.5 Å². The second kappa shape index (κ2) is 9.44. The standard InChI is InChI=1S/C25H26FN6OP/c1-15(2)22-28-12-16(13-29-22)24(33)31-21-19(18-6-4-5-7-20(18)26)10-17(11-27)30-23(21)32-9-8-25(3,34)14-32/h4-7,10,12-13,15H,8-9,14,34H2,1-3H3,(H,31,33). The highest BCUT2D eigenvalue weighted by Crippen LogP contribution is 2.41. The van der Waals surface area contributed by atoms with Crippen LogP contribution in [0, 0.1) is 17.1 Å². The monoisotopic (exact) mass is 476 g/mol. The first-order valence-electron chi connectivity index (χ1n) is 11.1. The number of amides is 1. The number of aromatic nitrogens is 3. The van der Waals surface area contributed by atoms with Crippen LogP contribution >= 0.6 is 9.24 Å². The van der Waals surface area contributed by atoms with E-state index in [2.05, 4.69) is 42.5 Å². The summed E-state index contributed by atoms with van der Waals surface area (Å²) in [5, 5.41) is 12.5. The molecule has 1 aliphatic heterocycles. The van der Waals surface area contributed by atoms with Crippen LogP contribution in [0.4, 0.5) is 15.9 Å². The highest BCUT2D eigenvalue weighted by Gasteiger charge is 2.33. The Morgan fingerprint density at radius 2 is 1.97 bits per heavy atom. The average Bonchev–Trinajstić information content (AvgIpc) is 3.19. The zero-order chi connectivity index (χ0) is 24.5. The van der Waals surface area contributed by atoms with E-state index in [0.717, 1.165) is 6.42 Å². The van der Waals surface area contributed by atoms with Gasteiger partial charge in [-0.1, -0.05) is 39.0 Å². The quantitative estimate of drug-likeness (QED) is 0.533. The summed E-state index contributed by atoms with van der Waals surface area (Å²) in [5.41, 5.74) is 1.44. The molecule has 1 N–H and O–H groups in total. The van der Waals surface area contributed by atoms with Crippen molar-refractivity contribution in [3.05, 3.63) is 65.6 Å². The molecule has 0 bridgehead atoms. The van der Waals surface area contributed by atoms with Crippen LogP contribution in [-0.4, -0.2) is 39.1 Å². The van der Waals surface area contributed by atoms with Gasteiger partial charge in [-0.15, -0.1) is 9.24 Å². The SMILES string of the molecule is CC(C)c1ncc(C(=O)Nc2c(-c3ccccc3F)cc(C#N)nc2N2CCC(C)(P)C2)cn1. The van der Waals surface area contributed by atoms with Crippen LogP contribution in [0.5, 0.6) is 0 Å². The molecule has 9 heteroatoms. The molecule has 1 saturated heterocycles. The van der Waals surface area contributed by atoms with Crippen LogP contribution in [0.15, 0.2) is 42.7 Å². The number of rotatable bonds is 5. The summed E-state index contributed by atoms with van der Waals surface area (Å²) in [6, 6.07) is 9.85. The molecule has 34 heavy (non-hydrogen) atoms. The molecule has 0 saturated carbocycles. The highest BCUT2D eigenvalue weighted by molar-refractivity contribution is 7.19. The zero-order valence-electron chi connectivity index (χ0n) is 19.3. The van der Waals surface area contributed by atoms with E-state index in [4.69, 9.17) is 0 Å². The van der Waals surface area contributed by atoms with Gasteiger partial charge in [-0.25, -0.2) is 19.3 Å². The lowest BCUT2D eigenvalue weighted by atomic mass is 10.0. The fourth-order valence-corrected chi connectivity index (χ4v) is 4.29. The lowest BCUT2D eigenvalue weighted by molar-refractivity contribution is 0.102. The summed E-state index contributed by atoms with van der Waals surface area (Å²) >= 11 is 0. The number of nitriles is 1. The van der Waals surface area contributed by atoms with Gasteiger partial charge in [0.05, 0.1) is 11.3 Å². The molecule has 174 valence electrons. The summed E-state index contributed by atoms with van der Waals surface area (Å²) in [4.78, 5) is 28.3. The number of carbonyl (C=O) groups excluding carboxylic acids is 1. The maximum atomic E-state index is 14.9. The number of anilines is 2. The second-order valence-electron chi connectivity index (χ2n) is 9.11. The average molecular weight is 476 g/mol. The number of benzene rings is 1. The molecule has 2 aromatic heterocycles. The van der Waals surface area contributed by atoms with E-state index in [9.17, 15) is 14.4 Å². The van der Waals surface area contributed by atoms with Crippen LogP contribution < -0.4 is 10.2 Å². The van der Waals surface area contributed by atoms with Crippen molar-refractivity contribution < 1.29 is 9.18 Å². The largest absolute Gasteiger partial charge is 0.354 e. The van der Waals surface area contributed by atoms with E-state index in [1.807, 2.05) is 18.7 Å². The summed E-state index contributed by atoms with van der Waals surface area (Å²) in [7, 11) is 2.85. The van der Waals surface area contributed by atoms with Gasteiger partial charge in [0.25, 0.3) is 5.91 Å². The molecule has 0 radical (unpaired) electrons. The number of halogens is 1. The number of carbonyl (C=O) groups is 1. The van der Waals surface area contributed by atoms with Crippen molar-refractivity contribution in [2.24, 2.45) is 0 Å². The van der Waals surface area contributed by atoms with Crippen molar-refractivity contribution in [3.63, 3.8) is 0 Å². The van der Waals surface area contributed by atoms with Crippen molar-refractivity contribution in [2.75, 3.05) is 23.3 Å². The Bertz CT molecular complexity index is 1270. The lowest BCUT2D eigenvalue weighted by Crippen LogP contribution is -2.27. The second-order valence-corrected chi connectivity index (χ2v) is 10.5. The minimum absolute atomic E-state index is 0.0374. The van der Waals surface area contributed by atoms with Gasteiger partial charge in [0.1, 0.15) is 23.4 Å². The third-order valence-corrected chi connectivity index (χ3v) is 6.24. The Morgan fingerprint density at radius 3 is 2.56 bits per heavy atom. The van der Waals surface area contributed by atoms with E-state index < -0.39 is 11.7 Å². The summed E-state index contributed by atoms with van der Waals surface area (Å²) < 4.78 is 14.9. The zero-order valence-corrected chi connectivity index (χ0v) is 20.5. The predicted octanol–water partition coefficient (Wildman–Crippen LogP) is 4.77. The number of nitrogens with one attached hydrogen (secondary N) is 1.